The van der Waals surface area contributed by atoms with Crippen molar-refractivity contribution in [3.8, 4) is 5.75 Å². The van der Waals surface area contributed by atoms with Crippen LogP contribution in [-0.4, -0.2) is 32.5 Å². The molecule has 3 aromatic carbocycles. The van der Waals surface area contributed by atoms with E-state index in [4.69, 9.17) is 16.3 Å². The molecule has 4 aromatic rings. The third kappa shape index (κ3) is 5.95. The average molecular weight is 581 g/mol. The number of benzene rings is 3. The summed E-state index contributed by atoms with van der Waals surface area (Å²) >= 11 is 7.56. The van der Waals surface area contributed by atoms with E-state index in [1.165, 1.54) is 36.4 Å². The summed E-state index contributed by atoms with van der Waals surface area (Å²) < 4.78 is 34.0. The van der Waals surface area contributed by atoms with Gasteiger partial charge in [-0.15, -0.1) is 11.3 Å². The monoisotopic (exact) mass is 580 g/mol. The van der Waals surface area contributed by atoms with Gasteiger partial charge < -0.3 is 10.1 Å². The molecule has 39 heavy (non-hydrogen) atoms. The highest BCUT2D eigenvalue weighted by Crippen LogP contribution is 2.27. The lowest BCUT2D eigenvalue weighted by Gasteiger charge is -2.24. The number of hydrogen-bond donors (Lipinski definition) is 2. The van der Waals surface area contributed by atoms with Crippen LogP contribution in [0.15, 0.2) is 100 Å². The fourth-order valence-corrected chi connectivity index (χ4v) is 5.97. The first-order valence-electron chi connectivity index (χ1n) is 11.6. The molecular formula is C27H21ClN4O5S2. The number of nitrogens with one attached hydrogen (secondary N) is 2. The second kappa shape index (κ2) is 11.3. The zero-order valence-corrected chi connectivity index (χ0v) is 22.6. The molecule has 1 aliphatic rings. The molecule has 0 atom stereocenters. The predicted octanol–water partition coefficient (Wildman–Crippen LogP) is 4.65. The van der Waals surface area contributed by atoms with Gasteiger partial charge in [0.25, 0.3) is 21.8 Å². The summed E-state index contributed by atoms with van der Waals surface area (Å²) in [4.78, 5) is 26.2. The van der Waals surface area contributed by atoms with E-state index in [0.717, 1.165) is 9.18 Å². The number of anilines is 2. The number of ether oxygens (including phenoxy) is 1. The van der Waals surface area contributed by atoms with Crippen molar-refractivity contribution in [3.05, 3.63) is 106 Å². The molecule has 0 bridgehead atoms. The van der Waals surface area contributed by atoms with Crippen molar-refractivity contribution >= 4 is 61.9 Å². The van der Waals surface area contributed by atoms with Crippen LogP contribution in [0.3, 0.4) is 0 Å². The standard InChI is InChI=1S/C27H21ClN4O5S2/c28-18-7-9-19(10-8-18)32(16-25(33)30-31-26-23-5-1-2-6-24(23)29-27(26)34)39(35,36)22-13-11-20(12-14-22)37-17-21-4-3-15-38-21/h1-15H,16-17H2,(H,30,33)(H,29,31,34). The van der Waals surface area contributed by atoms with E-state index < -0.39 is 28.4 Å². The van der Waals surface area contributed by atoms with Gasteiger partial charge in [-0.05, 0) is 66.0 Å². The Kier molecular flexibility index (Phi) is 7.64. The second-order valence-electron chi connectivity index (χ2n) is 8.32. The van der Waals surface area contributed by atoms with Crippen LogP contribution in [0.1, 0.15) is 10.4 Å². The van der Waals surface area contributed by atoms with Crippen molar-refractivity contribution in [2.75, 3.05) is 16.2 Å². The number of rotatable bonds is 9. The van der Waals surface area contributed by atoms with Crippen molar-refractivity contribution in [2.45, 2.75) is 11.5 Å². The number of hydrogen-bond acceptors (Lipinski definition) is 7. The summed E-state index contributed by atoms with van der Waals surface area (Å²) in [6, 6.07) is 22.8. The van der Waals surface area contributed by atoms with E-state index >= 15 is 0 Å². The minimum absolute atomic E-state index is 0.0259. The minimum Gasteiger partial charge on any atom is -0.488 e. The molecule has 198 valence electrons. The van der Waals surface area contributed by atoms with Gasteiger partial charge in [-0.25, -0.2) is 13.8 Å². The molecule has 0 aliphatic carbocycles. The molecular weight excluding hydrogens is 560 g/mol. The van der Waals surface area contributed by atoms with Crippen LogP contribution in [0.5, 0.6) is 5.75 Å². The fraction of sp³-hybridized carbons (Fsp3) is 0.0741. The first-order chi connectivity index (χ1) is 18.8. The maximum absolute atomic E-state index is 13.7. The molecule has 1 aromatic heterocycles. The van der Waals surface area contributed by atoms with Crippen molar-refractivity contribution in [2.24, 2.45) is 5.10 Å². The van der Waals surface area contributed by atoms with E-state index in [2.05, 4.69) is 15.8 Å². The number of amides is 2. The largest absolute Gasteiger partial charge is 0.488 e. The quantitative estimate of drug-likeness (QED) is 0.280. The van der Waals surface area contributed by atoms with Crippen LogP contribution in [0.25, 0.3) is 0 Å². The number of fused-ring (bicyclic) bond motifs is 1. The molecule has 0 fully saturated rings. The molecule has 2 amide bonds. The third-order valence-corrected chi connectivity index (χ3v) is 8.60. The van der Waals surface area contributed by atoms with Gasteiger partial charge in [0.05, 0.1) is 16.3 Å². The number of hydrazone groups is 1. The first kappa shape index (κ1) is 26.4. The molecule has 12 heteroatoms. The van der Waals surface area contributed by atoms with Crippen LogP contribution in [0, 0.1) is 0 Å². The Bertz CT molecular complexity index is 1640. The molecule has 0 saturated carbocycles. The van der Waals surface area contributed by atoms with Gasteiger partial charge in [0.15, 0.2) is 5.71 Å². The maximum atomic E-state index is 13.7. The number of para-hydroxylation sites is 1. The molecule has 0 spiro atoms. The Labute approximate surface area is 233 Å². The van der Waals surface area contributed by atoms with Crippen molar-refractivity contribution in [1.29, 1.82) is 0 Å². The van der Waals surface area contributed by atoms with Crippen LogP contribution in [0.2, 0.25) is 5.02 Å². The van der Waals surface area contributed by atoms with E-state index in [1.807, 2.05) is 17.5 Å². The number of carbonyl (C=O) groups excluding carboxylic acids is 2. The number of halogens is 1. The van der Waals surface area contributed by atoms with Gasteiger partial charge in [0.2, 0.25) is 0 Å². The first-order valence-corrected chi connectivity index (χ1v) is 14.3. The van der Waals surface area contributed by atoms with Crippen LogP contribution >= 0.6 is 22.9 Å². The van der Waals surface area contributed by atoms with Crippen LogP contribution in [0.4, 0.5) is 11.4 Å². The zero-order chi connectivity index (χ0) is 27.4. The average Bonchev–Trinajstić information content (AvgIpc) is 3.57. The molecule has 0 radical (unpaired) electrons. The highest BCUT2D eigenvalue weighted by atomic mass is 35.5. The summed E-state index contributed by atoms with van der Waals surface area (Å²) in [7, 11) is -4.19. The van der Waals surface area contributed by atoms with Gasteiger partial charge in [-0.3, -0.25) is 13.9 Å². The molecule has 5 rings (SSSR count). The number of nitrogens with zero attached hydrogens (tertiary/aromatic N) is 2. The van der Waals surface area contributed by atoms with Gasteiger partial charge in [-0.1, -0.05) is 35.9 Å². The minimum atomic E-state index is -4.19. The van der Waals surface area contributed by atoms with Gasteiger partial charge in [-0.2, -0.15) is 5.10 Å². The number of carbonyl (C=O) groups is 2. The summed E-state index contributed by atoms with van der Waals surface area (Å²) in [6.07, 6.45) is 0. The molecule has 9 nitrogen and oxygen atoms in total. The van der Waals surface area contributed by atoms with Gasteiger partial charge in [0.1, 0.15) is 18.9 Å². The Hall–Kier alpha value is -4.19. The Morgan fingerprint density at radius 2 is 1.74 bits per heavy atom. The number of thiophene rings is 1. The van der Waals surface area contributed by atoms with Crippen LogP contribution < -0.4 is 19.8 Å². The molecule has 1 aliphatic heterocycles. The molecule has 2 N–H and O–H groups in total. The normalized spacial score (nSPS) is 13.6. The van der Waals surface area contributed by atoms with Gasteiger partial charge >= 0.3 is 0 Å². The summed E-state index contributed by atoms with van der Waals surface area (Å²) in [5.74, 6) is -0.710. The van der Waals surface area contributed by atoms with Crippen molar-refractivity contribution in [1.82, 2.24) is 5.43 Å². The second-order valence-corrected chi connectivity index (χ2v) is 11.7. The molecule has 0 saturated heterocycles. The fourth-order valence-electron chi connectivity index (χ4n) is 3.80. The lowest BCUT2D eigenvalue weighted by atomic mass is 10.1. The predicted molar refractivity (Wildman–Crippen MR) is 151 cm³/mol. The van der Waals surface area contributed by atoms with E-state index in [0.29, 0.717) is 28.6 Å². The lowest BCUT2D eigenvalue weighted by Crippen LogP contribution is -2.40. The molecule has 0 unspecified atom stereocenters. The molecule has 2 heterocycles. The summed E-state index contributed by atoms with van der Waals surface area (Å²) in [5.41, 5.74) is 3.67. The smallest absolute Gasteiger partial charge is 0.276 e. The van der Waals surface area contributed by atoms with E-state index in [9.17, 15) is 18.0 Å². The lowest BCUT2D eigenvalue weighted by molar-refractivity contribution is -0.119. The Morgan fingerprint density at radius 3 is 2.46 bits per heavy atom. The summed E-state index contributed by atoms with van der Waals surface area (Å²) in [5, 5.41) is 8.98. The van der Waals surface area contributed by atoms with E-state index in [-0.39, 0.29) is 16.3 Å². The highest BCUT2D eigenvalue weighted by Gasteiger charge is 2.29. The summed E-state index contributed by atoms with van der Waals surface area (Å²) in [6.45, 7) is -0.230. The number of sulfonamides is 1. The highest BCUT2D eigenvalue weighted by molar-refractivity contribution is 7.92. The Morgan fingerprint density at radius 1 is 1.00 bits per heavy atom. The van der Waals surface area contributed by atoms with Crippen molar-refractivity contribution in [3.63, 3.8) is 0 Å². The topological polar surface area (TPSA) is 117 Å². The van der Waals surface area contributed by atoms with Gasteiger partial charge in [0, 0.05) is 15.5 Å². The Balaban J connectivity index is 1.36. The van der Waals surface area contributed by atoms with E-state index in [1.54, 1.807) is 47.7 Å². The SMILES string of the molecule is O=C(CN(c1ccc(Cl)cc1)S(=O)(=O)c1ccc(OCc2cccs2)cc1)N/N=C1\C(=O)Nc2ccccc21. The van der Waals surface area contributed by atoms with Crippen LogP contribution in [-0.2, 0) is 26.2 Å². The third-order valence-electron chi connectivity index (χ3n) is 5.71. The maximum Gasteiger partial charge on any atom is 0.276 e. The van der Waals surface area contributed by atoms with Crippen molar-refractivity contribution < 1.29 is 22.7 Å². The zero-order valence-electron chi connectivity index (χ0n) is 20.2.